The van der Waals surface area contributed by atoms with Gasteiger partial charge in [-0.25, -0.2) is 0 Å². The number of rotatable bonds is 6. The highest BCUT2D eigenvalue weighted by Gasteiger charge is 2.34. The summed E-state index contributed by atoms with van der Waals surface area (Å²) in [6, 6.07) is 28.4. The van der Waals surface area contributed by atoms with E-state index >= 15 is 0 Å². The van der Waals surface area contributed by atoms with Gasteiger partial charge in [-0.05, 0) is 137 Å². The third-order valence-corrected chi connectivity index (χ3v) is 8.97. The van der Waals surface area contributed by atoms with E-state index in [9.17, 15) is 9.59 Å². The van der Waals surface area contributed by atoms with Crippen LogP contribution < -0.4 is 0 Å². The molecule has 0 aliphatic heterocycles. The van der Waals surface area contributed by atoms with E-state index in [1.165, 1.54) is 32.3 Å². The SMILES string of the molecule is CCC(C)C(=O)OC1CCC(C(=O)OC(C)(C)c2ccc3cc4cc5cc6ccccc6cc5cc4cc3c2)CC1. The number of fused-ring (bicyclic) bond motifs is 4. The molecule has 1 unspecified atom stereocenters. The van der Waals surface area contributed by atoms with Crippen molar-refractivity contribution in [2.75, 3.05) is 0 Å². The molecule has 4 nitrogen and oxygen atoms in total. The highest BCUT2D eigenvalue weighted by Crippen LogP contribution is 2.35. The second kappa shape index (κ2) is 10.8. The summed E-state index contributed by atoms with van der Waals surface area (Å²) >= 11 is 0. The van der Waals surface area contributed by atoms with Crippen LogP contribution in [0.5, 0.6) is 0 Å². The molecule has 41 heavy (non-hydrogen) atoms. The van der Waals surface area contributed by atoms with E-state index in [0.717, 1.165) is 22.8 Å². The number of benzene rings is 5. The zero-order valence-corrected chi connectivity index (χ0v) is 24.4. The van der Waals surface area contributed by atoms with Crippen LogP contribution in [0.3, 0.4) is 0 Å². The van der Waals surface area contributed by atoms with Gasteiger partial charge in [0, 0.05) is 0 Å². The molecule has 210 valence electrons. The quantitative estimate of drug-likeness (QED) is 0.157. The molecule has 1 saturated carbocycles. The number of carbonyl (C=O) groups is 2. The third-order valence-electron chi connectivity index (χ3n) is 8.97. The number of ether oxygens (including phenoxy) is 2. The molecule has 6 rings (SSSR count). The maximum atomic E-state index is 13.2. The predicted octanol–water partition coefficient (Wildman–Crippen LogP) is 9.23. The molecule has 1 atom stereocenters. The van der Waals surface area contributed by atoms with Gasteiger partial charge in [0.05, 0.1) is 11.8 Å². The Morgan fingerprint density at radius 3 is 1.76 bits per heavy atom. The van der Waals surface area contributed by atoms with Crippen LogP contribution in [0.1, 0.15) is 65.4 Å². The van der Waals surface area contributed by atoms with Crippen molar-refractivity contribution in [3.8, 4) is 0 Å². The Morgan fingerprint density at radius 2 is 1.22 bits per heavy atom. The van der Waals surface area contributed by atoms with E-state index in [0.29, 0.717) is 25.7 Å². The molecule has 0 spiro atoms. The van der Waals surface area contributed by atoms with Crippen LogP contribution in [-0.2, 0) is 24.7 Å². The fraction of sp³-hybridized carbons (Fsp3) is 0.351. The molecule has 0 heterocycles. The van der Waals surface area contributed by atoms with Crippen molar-refractivity contribution in [2.24, 2.45) is 11.8 Å². The van der Waals surface area contributed by atoms with Crippen LogP contribution in [0, 0.1) is 11.8 Å². The monoisotopic (exact) mass is 546 g/mol. The molecule has 5 aromatic rings. The summed E-state index contributed by atoms with van der Waals surface area (Å²) in [5, 5.41) is 9.65. The highest BCUT2D eigenvalue weighted by atomic mass is 16.6. The molecule has 1 fully saturated rings. The maximum absolute atomic E-state index is 13.2. The minimum atomic E-state index is -0.762. The Bertz CT molecular complexity index is 1770. The Balaban J connectivity index is 1.19. The Hall–Kier alpha value is -3.92. The zero-order valence-electron chi connectivity index (χ0n) is 24.4. The third kappa shape index (κ3) is 5.53. The first-order valence-corrected chi connectivity index (χ1v) is 14.9. The van der Waals surface area contributed by atoms with Crippen LogP contribution >= 0.6 is 0 Å². The van der Waals surface area contributed by atoms with Crippen molar-refractivity contribution in [3.63, 3.8) is 0 Å². The summed E-state index contributed by atoms with van der Waals surface area (Å²) in [5.41, 5.74) is 0.211. The van der Waals surface area contributed by atoms with E-state index < -0.39 is 5.60 Å². The molecule has 1 aliphatic carbocycles. The molecule has 5 aromatic carbocycles. The molecule has 0 aromatic heterocycles. The number of hydrogen-bond acceptors (Lipinski definition) is 4. The fourth-order valence-electron chi connectivity index (χ4n) is 6.08. The van der Waals surface area contributed by atoms with Crippen LogP contribution in [0.25, 0.3) is 43.1 Å². The molecule has 0 N–H and O–H groups in total. The van der Waals surface area contributed by atoms with Crippen LogP contribution in [-0.4, -0.2) is 18.0 Å². The Kier molecular flexibility index (Phi) is 7.19. The highest BCUT2D eigenvalue weighted by molar-refractivity contribution is 6.08. The number of hydrogen-bond donors (Lipinski definition) is 0. The second-order valence-electron chi connectivity index (χ2n) is 12.3. The summed E-state index contributed by atoms with van der Waals surface area (Å²) in [7, 11) is 0. The van der Waals surface area contributed by atoms with E-state index in [-0.39, 0.29) is 29.9 Å². The van der Waals surface area contributed by atoms with Crippen molar-refractivity contribution in [1.82, 2.24) is 0 Å². The molecule has 0 radical (unpaired) electrons. The fourth-order valence-corrected chi connectivity index (χ4v) is 6.08. The minimum absolute atomic E-state index is 0.0851. The first-order chi connectivity index (χ1) is 19.7. The predicted molar refractivity (Wildman–Crippen MR) is 167 cm³/mol. The molecule has 0 amide bonds. The van der Waals surface area contributed by atoms with Gasteiger partial charge in [0.1, 0.15) is 11.7 Å². The van der Waals surface area contributed by atoms with Gasteiger partial charge < -0.3 is 9.47 Å². The van der Waals surface area contributed by atoms with Gasteiger partial charge in [0.15, 0.2) is 0 Å². The largest absolute Gasteiger partial charge is 0.462 e. The van der Waals surface area contributed by atoms with Gasteiger partial charge >= 0.3 is 11.9 Å². The minimum Gasteiger partial charge on any atom is -0.462 e. The van der Waals surface area contributed by atoms with Gasteiger partial charge in [-0.2, -0.15) is 0 Å². The van der Waals surface area contributed by atoms with Crippen LogP contribution in [0.4, 0.5) is 0 Å². The molecule has 0 saturated heterocycles. The van der Waals surface area contributed by atoms with Gasteiger partial charge in [-0.15, -0.1) is 0 Å². The molecule has 4 heteroatoms. The smallest absolute Gasteiger partial charge is 0.309 e. The van der Waals surface area contributed by atoms with E-state index in [2.05, 4.69) is 78.9 Å². The lowest BCUT2D eigenvalue weighted by atomic mass is 9.87. The summed E-state index contributed by atoms with van der Waals surface area (Å²) in [5.74, 6) is -0.552. The summed E-state index contributed by atoms with van der Waals surface area (Å²) in [6.07, 6.45) is 3.45. The molecular weight excluding hydrogens is 508 g/mol. The Labute approximate surface area is 241 Å². The van der Waals surface area contributed by atoms with Gasteiger partial charge in [-0.3, -0.25) is 9.59 Å². The van der Waals surface area contributed by atoms with Crippen LogP contribution in [0.15, 0.2) is 78.9 Å². The average molecular weight is 547 g/mol. The van der Waals surface area contributed by atoms with Crippen LogP contribution in [0.2, 0.25) is 0 Å². The summed E-state index contributed by atoms with van der Waals surface area (Å²) in [4.78, 5) is 25.4. The number of esters is 2. The maximum Gasteiger partial charge on any atom is 0.309 e. The topological polar surface area (TPSA) is 52.6 Å². The van der Waals surface area contributed by atoms with Crippen molar-refractivity contribution in [1.29, 1.82) is 0 Å². The molecule has 0 bridgehead atoms. The van der Waals surface area contributed by atoms with Gasteiger partial charge in [0.2, 0.25) is 0 Å². The van der Waals surface area contributed by atoms with Crippen molar-refractivity contribution in [2.45, 2.75) is 71.5 Å². The second-order valence-corrected chi connectivity index (χ2v) is 12.3. The molecular formula is C37H38O4. The average Bonchev–Trinajstić information content (AvgIpc) is 2.97. The summed E-state index contributed by atoms with van der Waals surface area (Å²) in [6.45, 7) is 7.81. The van der Waals surface area contributed by atoms with Gasteiger partial charge in [0.25, 0.3) is 0 Å². The lowest BCUT2D eigenvalue weighted by Gasteiger charge is -2.32. The number of carbonyl (C=O) groups excluding carboxylic acids is 2. The lowest BCUT2D eigenvalue weighted by molar-refractivity contribution is -0.166. The van der Waals surface area contributed by atoms with E-state index in [1.807, 2.05) is 27.7 Å². The first-order valence-electron chi connectivity index (χ1n) is 14.9. The van der Waals surface area contributed by atoms with E-state index in [4.69, 9.17) is 9.47 Å². The van der Waals surface area contributed by atoms with Crippen molar-refractivity contribution < 1.29 is 19.1 Å². The van der Waals surface area contributed by atoms with E-state index in [1.54, 1.807) is 0 Å². The first kappa shape index (κ1) is 27.3. The Morgan fingerprint density at radius 1 is 0.732 bits per heavy atom. The standard InChI is InChI=1S/C37H38O4/c1-5-23(2)35(38)40-34-14-11-24(12-15-34)36(39)41-37(3,4)33-13-10-27-18-30-19-28-16-25-8-6-7-9-26(25)17-29(28)20-31(30)21-32(27)22-33/h6-10,13,16-24,34H,5,11-12,14-15H2,1-4H3. The van der Waals surface area contributed by atoms with Crippen molar-refractivity contribution >= 4 is 55.0 Å². The summed E-state index contributed by atoms with van der Waals surface area (Å²) < 4.78 is 11.8. The van der Waals surface area contributed by atoms with Gasteiger partial charge in [-0.1, -0.05) is 50.2 Å². The zero-order chi connectivity index (χ0) is 28.7. The molecule has 1 aliphatic rings. The van der Waals surface area contributed by atoms with Crippen molar-refractivity contribution in [3.05, 3.63) is 84.4 Å². The normalized spacial score (nSPS) is 18.5. The lowest BCUT2D eigenvalue weighted by Crippen LogP contribution is -2.34.